The zero-order valence-electron chi connectivity index (χ0n) is 16.8. The average Bonchev–Trinajstić information content (AvgIpc) is 3.50. The molecule has 4 rings (SSSR count). The fourth-order valence-electron chi connectivity index (χ4n) is 3.23. The third-order valence-corrected chi connectivity index (χ3v) is 5.38. The molecule has 0 bridgehead atoms. The van der Waals surface area contributed by atoms with E-state index in [0.717, 1.165) is 18.9 Å². The zero-order chi connectivity index (χ0) is 23.7. The molecule has 0 spiro atoms. The molecule has 172 valence electrons. The minimum atomic E-state index is -2.75. The van der Waals surface area contributed by atoms with Crippen LogP contribution >= 0.6 is 23.2 Å². The molecule has 3 aromatic rings. The Labute approximate surface area is 196 Å². The first-order valence-corrected chi connectivity index (χ1v) is 10.5. The Bertz CT molecular complexity index is 1230. The monoisotopic (exact) mass is 496 g/mol. The summed E-state index contributed by atoms with van der Waals surface area (Å²) < 4.78 is 33.0. The third-order valence-electron chi connectivity index (χ3n) is 4.85. The fraction of sp³-hybridized carbons (Fsp3) is 0.238. The van der Waals surface area contributed by atoms with Crippen molar-refractivity contribution in [3.63, 3.8) is 0 Å². The predicted octanol–water partition coefficient (Wildman–Crippen LogP) is 6.34. The number of nitro groups is 1. The number of alkyl halides is 2. The first kappa shape index (κ1) is 22.9. The SMILES string of the molecule is O=C(Cn1nc(C(F)F)cc1C1CC1)Nc1cc(Oc2ccc(Cl)cc2Cl)cc([N+](=O)[O-])c1. The van der Waals surface area contributed by atoms with Gasteiger partial charge in [0.25, 0.3) is 12.1 Å². The lowest BCUT2D eigenvalue weighted by Gasteiger charge is -2.11. The van der Waals surface area contributed by atoms with Gasteiger partial charge in [-0.25, -0.2) is 8.78 Å². The molecule has 12 heteroatoms. The van der Waals surface area contributed by atoms with Crippen LogP contribution < -0.4 is 10.1 Å². The van der Waals surface area contributed by atoms with Crippen LogP contribution in [0.1, 0.15) is 36.6 Å². The van der Waals surface area contributed by atoms with Gasteiger partial charge < -0.3 is 10.1 Å². The summed E-state index contributed by atoms with van der Waals surface area (Å²) in [5, 5.41) is 18.3. The second kappa shape index (κ2) is 9.32. The quantitative estimate of drug-likeness (QED) is 0.289. The first-order chi connectivity index (χ1) is 15.7. The van der Waals surface area contributed by atoms with Crippen LogP contribution in [-0.4, -0.2) is 20.6 Å². The van der Waals surface area contributed by atoms with E-state index >= 15 is 0 Å². The van der Waals surface area contributed by atoms with Gasteiger partial charge in [0, 0.05) is 28.8 Å². The Kier molecular flexibility index (Phi) is 6.48. The number of aromatic nitrogens is 2. The molecule has 0 saturated heterocycles. The number of carbonyl (C=O) groups excluding carboxylic acids is 1. The standard InChI is InChI=1S/C21H16Cl2F2N4O4/c22-12-3-4-19(16(23)5-12)33-15-7-13(6-14(8-15)29(31)32)26-20(30)10-28-18(11-1-2-11)9-17(27-28)21(24)25/h3-9,11,21H,1-2,10H2,(H,26,30). The highest BCUT2D eigenvalue weighted by atomic mass is 35.5. The molecule has 8 nitrogen and oxygen atoms in total. The Hall–Kier alpha value is -3.24. The van der Waals surface area contributed by atoms with Crippen molar-refractivity contribution in [1.29, 1.82) is 0 Å². The number of hydrogen-bond donors (Lipinski definition) is 1. The molecule has 2 aromatic carbocycles. The van der Waals surface area contributed by atoms with Crippen molar-refractivity contribution in [2.75, 3.05) is 5.32 Å². The summed E-state index contributed by atoms with van der Waals surface area (Å²) in [7, 11) is 0. The predicted molar refractivity (Wildman–Crippen MR) is 117 cm³/mol. The van der Waals surface area contributed by atoms with Crippen LogP contribution in [0.4, 0.5) is 20.2 Å². The molecular formula is C21H16Cl2F2N4O4. The summed E-state index contributed by atoms with van der Waals surface area (Å²) in [6.45, 7) is -0.319. The van der Waals surface area contributed by atoms with Gasteiger partial charge in [0.2, 0.25) is 5.91 Å². The highest BCUT2D eigenvalue weighted by Crippen LogP contribution is 2.41. The maximum absolute atomic E-state index is 13.1. The zero-order valence-corrected chi connectivity index (χ0v) is 18.3. The molecule has 1 aromatic heterocycles. The number of carbonyl (C=O) groups is 1. The van der Waals surface area contributed by atoms with Gasteiger partial charge in [-0.15, -0.1) is 0 Å². The second-order valence-corrected chi connectivity index (χ2v) is 8.27. The Morgan fingerprint density at radius 1 is 1.24 bits per heavy atom. The minimum Gasteiger partial charge on any atom is -0.455 e. The van der Waals surface area contributed by atoms with E-state index in [9.17, 15) is 23.7 Å². The number of rotatable bonds is 8. The first-order valence-electron chi connectivity index (χ1n) is 9.77. The van der Waals surface area contributed by atoms with Crippen molar-refractivity contribution in [1.82, 2.24) is 9.78 Å². The van der Waals surface area contributed by atoms with E-state index in [0.29, 0.717) is 10.7 Å². The maximum atomic E-state index is 13.1. The number of nitro benzene ring substituents is 1. The molecule has 1 aliphatic rings. The molecule has 1 amide bonds. The van der Waals surface area contributed by atoms with Crippen LogP contribution in [-0.2, 0) is 11.3 Å². The molecule has 0 unspecified atom stereocenters. The number of hydrogen-bond acceptors (Lipinski definition) is 5. The van der Waals surface area contributed by atoms with E-state index in [1.165, 1.54) is 41.1 Å². The van der Waals surface area contributed by atoms with Crippen LogP contribution in [0.15, 0.2) is 42.5 Å². The number of non-ortho nitro benzene ring substituents is 1. The highest BCUT2D eigenvalue weighted by molar-refractivity contribution is 6.35. The number of nitrogens with one attached hydrogen (secondary N) is 1. The van der Waals surface area contributed by atoms with Gasteiger partial charge in [-0.1, -0.05) is 23.2 Å². The van der Waals surface area contributed by atoms with E-state index in [-0.39, 0.29) is 40.4 Å². The van der Waals surface area contributed by atoms with Crippen LogP contribution in [0.25, 0.3) is 0 Å². The van der Waals surface area contributed by atoms with Crippen molar-refractivity contribution in [3.8, 4) is 11.5 Å². The van der Waals surface area contributed by atoms with Gasteiger partial charge >= 0.3 is 0 Å². The van der Waals surface area contributed by atoms with Crippen LogP contribution in [0.3, 0.4) is 0 Å². The number of benzene rings is 2. The van der Waals surface area contributed by atoms with Crippen LogP contribution in [0.2, 0.25) is 10.0 Å². The van der Waals surface area contributed by atoms with Crippen molar-refractivity contribution in [2.24, 2.45) is 0 Å². The van der Waals surface area contributed by atoms with Crippen LogP contribution in [0, 0.1) is 10.1 Å². The number of anilines is 1. The van der Waals surface area contributed by atoms with E-state index in [1.807, 2.05) is 0 Å². The molecule has 1 N–H and O–H groups in total. The summed E-state index contributed by atoms with van der Waals surface area (Å²) in [4.78, 5) is 23.3. The van der Waals surface area contributed by atoms with E-state index in [1.54, 1.807) is 0 Å². The summed E-state index contributed by atoms with van der Waals surface area (Å²) in [5.74, 6) is -0.220. The normalized spacial score (nSPS) is 13.2. The van der Waals surface area contributed by atoms with Gasteiger partial charge in [-0.3, -0.25) is 19.6 Å². The largest absolute Gasteiger partial charge is 0.455 e. The lowest BCUT2D eigenvalue weighted by molar-refractivity contribution is -0.384. The van der Waals surface area contributed by atoms with Gasteiger partial charge in [0.15, 0.2) is 0 Å². The average molecular weight is 497 g/mol. The molecule has 33 heavy (non-hydrogen) atoms. The summed E-state index contributed by atoms with van der Waals surface area (Å²) in [6, 6.07) is 9.51. The summed E-state index contributed by atoms with van der Waals surface area (Å²) >= 11 is 12.0. The van der Waals surface area contributed by atoms with Gasteiger partial charge in [-0.2, -0.15) is 5.10 Å². The molecule has 1 aliphatic carbocycles. The number of amides is 1. The maximum Gasteiger partial charge on any atom is 0.282 e. The summed E-state index contributed by atoms with van der Waals surface area (Å²) in [6.07, 6.45) is -1.06. The Morgan fingerprint density at radius 3 is 2.64 bits per heavy atom. The van der Waals surface area contributed by atoms with Crippen LogP contribution in [0.5, 0.6) is 11.5 Å². The molecule has 0 atom stereocenters. The van der Waals surface area contributed by atoms with E-state index < -0.39 is 22.9 Å². The molecule has 0 aliphatic heterocycles. The fourth-order valence-corrected chi connectivity index (χ4v) is 3.68. The third kappa shape index (κ3) is 5.58. The molecular weight excluding hydrogens is 481 g/mol. The molecule has 1 fully saturated rings. The molecule has 1 heterocycles. The minimum absolute atomic E-state index is 0.0569. The van der Waals surface area contributed by atoms with Crippen molar-refractivity contribution in [3.05, 3.63) is 74.0 Å². The van der Waals surface area contributed by atoms with Crippen molar-refractivity contribution < 1.29 is 23.2 Å². The van der Waals surface area contributed by atoms with Crippen molar-refractivity contribution in [2.45, 2.75) is 31.7 Å². The lowest BCUT2D eigenvalue weighted by Crippen LogP contribution is -2.21. The van der Waals surface area contributed by atoms with Gasteiger partial charge in [-0.05, 0) is 37.1 Å². The number of halogens is 4. The number of ether oxygens (including phenoxy) is 1. The Morgan fingerprint density at radius 2 is 2.00 bits per heavy atom. The molecule has 1 saturated carbocycles. The summed E-state index contributed by atoms with van der Waals surface area (Å²) in [5.41, 5.74) is -0.0643. The van der Waals surface area contributed by atoms with Crippen molar-refractivity contribution >= 4 is 40.5 Å². The number of nitrogens with zero attached hydrogens (tertiary/aromatic N) is 3. The lowest BCUT2D eigenvalue weighted by atomic mass is 10.2. The smallest absolute Gasteiger partial charge is 0.282 e. The highest BCUT2D eigenvalue weighted by Gasteiger charge is 2.30. The second-order valence-electron chi connectivity index (χ2n) is 7.42. The molecule has 0 radical (unpaired) electrons. The van der Waals surface area contributed by atoms with E-state index in [4.69, 9.17) is 27.9 Å². The van der Waals surface area contributed by atoms with Gasteiger partial charge in [0.05, 0.1) is 21.7 Å². The van der Waals surface area contributed by atoms with Gasteiger partial charge in [0.1, 0.15) is 23.7 Å². The van der Waals surface area contributed by atoms with E-state index in [2.05, 4.69) is 10.4 Å². The topological polar surface area (TPSA) is 99.3 Å². The Balaban J connectivity index is 1.55.